The van der Waals surface area contributed by atoms with Crippen LogP contribution in [0.4, 0.5) is 5.69 Å². The first-order valence-electron chi connectivity index (χ1n) is 11.3. The van der Waals surface area contributed by atoms with Crippen LogP contribution in [0.1, 0.15) is 44.7 Å². The molecule has 3 rings (SSSR count). The lowest BCUT2D eigenvalue weighted by atomic mass is 10.1. The summed E-state index contributed by atoms with van der Waals surface area (Å²) in [7, 11) is 0. The average molecular weight is 434 g/mol. The molecule has 0 aromatic heterocycles. The van der Waals surface area contributed by atoms with E-state index in [2.05, 4.69) is 60.1 Å². The highest BCUT2D eigenvalue weighted by atomic mass is 16.5. The Labute approximate surface area is 191 Å². The normalized spacial score (nSPS) is 14.7. The number of ether oxygens (including phenoxy) is 1. The lowest BCUT2D eigenvalue weighted by molar-refractivity contribution is 0.130. The third-order valence-corrected chi connectivity index (χ3v) is 5.82. The zero-order valence-electron chi connectivity index (χ0n) is 19.3. The van der Waals surface area contributed by atoms with Crippen molar-refractivity contribution in [3.8, 4) is 5.75 Å². The highest BCUT2D eigenvalue weighted by molar-refractivity contribution is 5.95. The van der Waals surface area contributed by atoms with Gasteiger partial charge in [0.2, 0.25) is 0 Å². The second-order valence-corrected chi connectivity index (χ2v) is 8.57. The molecule has 6 heteroatoms. The van der Waals surface area contributed by atoms with Gasteiger partial charge in [0.05, 0.1) is 5.84 Å². The maximum Gasteiger partial charge on any atom is 0.122 e. The molecule has 0 atom stereocenters. The molecule has 170 valence electrons. The van der Waals surface area contributed by atoms with Gasteiger partial charge >= 0.3 is 0 Å². The lowest BCUT2D eigenvalue weighted by Crippen LogP contribution is -2.40. The first-order valence-corrected chi connectivity index (χ1v) is 11.3. The van der Waals surface area contributed by atoms with E-state index in [1.54, 1.807) is 0 Å². The van der Waals surface area contributed by atoms with Gasteiger partial charge in [0.25, 0.3) is 0 Å². The first kappa shape index (κ1) is 23.4. The molecule has 0 radical (unpaired) electrons. The van der Waals surface area contributed by atoms with E-state index in [1.807, 2.05) is 31.2 Å². The molecule has 0 saturated carbocycles. The van der Waals surface area contributed by atoms with Crippen molar-refractivity contribution in [2.24, 2.45) is 5.73 Å². The van der Waals surface area contributed by atoms with Crippen LogP contribution in [0, 0.1) is 10.8 Å². The van der Waals surface area contributed by atoms with E-state index in [1.165, 1.54) is 0 Å². The van der Waals surface area contributed by atoms with E-state index in [0.717, 1.165) is 55.0 Å². The fraction of sp³-hybridized carbons (Fsp3) is 0.385. The number of nitrogen functional groups attached to an aromatic ring is 1. The summed E-state index contributed by atoms with van der Waals surface area (Å²) in [5, 5.41) is 15.4. The minimum absolute atomic E-state index is 0.0850. The number of nitrogens with zero attached hydrogens (tertiary/aromatic N) is 2. The quantitative estimate of drug-likeness (QED) is 0.414. The Kier molecular flexibility index (Phi) is 7.92. The number of rotatable bonds is 8. The molecule has 0 bridgehead atoms. The Morgan fingerprint density at radius 1 is 1.16 bits per heavy atom. The largest absolute Gasteiger partial charge is 0.490 e. The van der Waals surface area contributed by atoms with Crippen LogP contribution in [0.3, 0.4) is 0 Å². The highest BCUT2D eigenvalue weighted by Gasteiger charge is 2.20. The maximum absolute atomic E-state index is 7.76. The minimum Gasteiger partial charge on any atom is -0.490 e. The smallest absolute Gasteiger partial charge is 0.122 e. The number of hydrogen-bond donors (Lipinski definition) is 3. The standard InChI is InChI=1S/C26H35N5O/c1-19(2)31(15-5-7-21-6-4-8-22(18-21)26(28)29)23-9-11-24(12-10-23)32-25-13-16-30(17-14-25)20(3)27/h4-12,18-19,25,27H,13-17H2,1-3H3,(H3,28,29)/b7-5+,27-20?. The van der Waals surface area contributed by atoms with Crippen LogP contribution in [-0.4, -0.2) is 48.4 Å². The average Bonchev–Trinajstić information content (AvgIpc) is 2.78. The van der Waals surface area contributed by atoms with Gasteiger partial charge < -0.3 is 20.3 Å². The molecule has 4 N–H and O–H groups in total. The van der Waals surface area contributed by atoms with Crippen molar-refractivity contribution in [2.45, 2.75) is 45.8 Å². The van der Waals surface area contributed by atoms with Gasteiger partial charge in [0, 0.05) is 49.8 Å². The molecule has 1 saturated heterocycles. The van der Waals surface area contributed by atoms with Crippen LogP contribution in [-0.2, 0) is 0 Å². The van der Waals surface area contributed by atoms with Gasteiger partial charge in [-0.1, -0.05) is 30.4 Å². The third kappa shape index (κ3) is 6.36. The van der Waals surface area contributed by atoms with E-state index < -0.39 is 0 Å². The van der Waals surface area contributed by atoms with Crippen molar-refractivity contribution in [2.75, 3.05) is 24.5 Å². The summed E-state index contributed by atoms with van der Waals surface area (Å²) < 4.78 is 6.19. The van der Waals surface area contributed by atoms with Crippen LogP contribution >= 0.6 is 0 Å². The molecule has 6 nitrogen and oxygen atoms in total. The van der Waals surface area contributed by atoms with E-state index in [-0.39, 0.29) is 11.9 Å². The van der Waals surface area contributed by atoms with Crippen molar-refractivity contribution < 1.29 is 4.74 Å². The van der Waals surface area contributed by atoms with Crippen molar-refractivity contribution in [3.05, 3.63) is 65.7 Å². The number of anilines is 1. The zero-order valence-corrected chi connectivity index (χ0v) is 19.3. The molecule has 1 heterocycles. The van der Waals surface area contributed by atoms with E-state index in [9.17, 15) is 0 Å². The predicted molar refractivity (Wildman–Crippen MR) is 134 cm³/mol. The lowest BCUT2D eigenvalue weighted by Gasteiger charge is -2.33. The molecular formula is C26H35N5O. The summed E-state index contributed by atoms with van der Waals surface area (Å²) in [6, 6.07) is 16.4. The van der Waals surface area contributed by atoms with E-state index >= 15 is 0 Å². The second kappa shape index (κ2) is 10.8. The molecule has 2 aromatic carbocycles. The Balaban J connectivity index is 1.59. The summed E-state index contributed by atoms with van der Waals surface area (Å²) in [6.45, 7) is 8.78. The summed E-state index contributed by atoms with van der Waals surface area (Å²) in [5.74, 6) is 1.63. The number of hydrogen-bond acceptors (Lipinski definition) is 4. The van der Waals surface area contributed by atoms with Crippen molar-refractivity contribution in [3.63, 3.8) is 0 Å². The molecule has 1 fully saturated rings. The summed E-state index contributed by atoms with van der Waals surface area (Å²) in [5.41, 5.74) is 8.53. The van der Waals surface area contributed by atoms with Gasteiger partial charge in [0.1, 0.15) is 17.7 Å². The molecule has 1 aliphatic heterocycles. The summed E-state index contributed by atoms with van der Waals surface area (Å²) in [4.78, 5) is 4.44. The maximum atomic E-state index is 7.76. The van der Waals surface area contributed by atoms with Crippen molar-refractivity contribution >= 4 is 23.4 Å². The molecule has 0 amide bonds. The Bertz CT molecular complexity index is 943. The van der Waals surface area contributed by atoms with Crippen LogP contribution in [0.2, 0.25) is 0 Å². The number of nitrogens with two attached hydrogens (primary N) is 1. The summed E-state index contributed by atoms with van der Waals surface area (Å²) >= 11 is 0. The molecule has 2 aromatic rings. The third-order valence-electron chi connectivity index (χ3n) is 5.82. The SMILES string of the molecule is CC(=N)N1CCC(Oc2ccc(N(C/C=C/c3cccc(C(=N)N)c3)C(C)C)cc2)CC1. The number of nitrogens with one attached hydrogen (secondary N) is 2. The Hall–Kier alpha value is -3.28. The fourth-order valence-corrected chi connectivity index (χ4v) is 3.94. The van der Waals surface area contributed by atoms with Crippen molar-refractivity contribution in [1.29, 1.82) is 10.8 Å². The number of likely N-dealkylation sites (tertiary alicyclic amines) is 1. The van der Waals surface area contributed by atoms with Gasteiger partial charge in [-0.2, -0.15) is 0 Å². The fourth-order valence-electron chi connectivity index (χ4n) is 3.94. The number of benzene rings is 2. The van der Waals surface area contributed by atoms with Crippen LogP contribution < -0.4 is 15.4 Å². The van der Waals surface area contributed by atoms with Gasteiger partial charge in [-0.25, -0.2) is 0 Å². The monoisotopic (exact) mass is 433 g/mol. The van der Waals surface area contributed by atoms with E-state index in [4.69, 9.17) is 21.3 Å². The van der Waals surface area contributed by atoms with Crippen LogP contribution in [0.5, 0.6) is 5.75 Å². The second-order valence-electron chi connectivity index (χ2n) is 8.57. The molecule has 0 aliphatic carbocycles. The van der Waals surface area contributed by atoms with Gasteiger partial charge in [-0.05, 0) is 56.7 Å². The van der Waals surface area contributed by atoms with Gasteiger partial charge in [-0.15, -0.1) is 0 Å². The summed E-state index contributed by atoms with van der Waals surface area (Å²) in [6.07, 6.45) is 6.33. The van der Waals surface area contributed by atoms with Crippen molar-refractivity contribution in [1.82, 2.24) is 4.90 Å². The number of amidine groups is 2. The molecule has 0 unspecified atom stereocenters. The Morgan fingerprint density at radius 3 is 2.44 bits per heavy atom. The Morgan fingerprint density at radius 2 is 1.84 bits per heavy atom. The predicted octanol–water partition coefficient (Wildman–Crippen LogP) is 4.74. The van der Waals surface area contributed by atoms with Gasteiger partial charge in [-0.3, -0.25) is 10.8 Å². The molecular weight excluding hydrogens is 398 g/mol. The van der Waals surface area contributed by atoms with Crippen LogP contribution in [0.25, 0.3) is 6.08 Å². The molecule has 0 spiro atoms. The first-order chi connectivity index (χ1) is 15.3. The molecule has 1 aliphatic rings. The van der Waals surface area contributed by atoms with E-state index in [0.29, 0.717) is 11.9 Å². The zero-order chi connectivity index (χ0) is 23.1. The highest BCUT2D eigenvalue weighted by Crippen LogP contribution is 2.24. The van der Waals surface area contributed by atoms with Gasteiger partial charge in [0.15, 0.2) is 0 Å². The minimum atomic E-state index is 0.0850. The molecule has 32 heavy (non-hydrogen) atoms. The topological polar surface area (TPSA) is 89.4 Å². The van der Waals surface area contributed by atoms with Crippen LogP contribution in [0.15, 0.2) is 54.6 Å². The number of piperidine rings is 1.